The molecule has 3 aromatic rings. The highest BCUT2D eigenvalue weighted by Gasteiger charge is 2.22. The maximum Gasteiger partial charge on any atom is 0.256 e. The van der Waals surface area contributed by atoms with Crippen LogP contribution in [0.3, 0.4) is 0 Å². The molecule has 0 aliphatic heterocycles. The summed E-state index contributed by atoms with van der Waals surface area (Å²) in [5.41, 5.74) is 3.03. The number of aromatic nitrogens is 2. The number of amides is 1. The van der Waals surface area contributed by atoms with E-state index >= 15 is 0 Å². The Morgan fingerprint density at radius 3 is 2.37 bits per heavy atom. The summed E-state index contributed by atoms with van der Waals surface area (Å²) in [5.74, 6) is 0.769. The van der Waals surface area contributed by atoms with Crippen LogP contribution in [0, 0.1) is 0 Å². The van der Waals surface area contributed by atoms with Gasteiger partial charge in [0.15, 0.2) is 9.84 Å². The van der Waals surface area contributed by atoms with E-state index in [0.29, 0.717) is 22.9 Å². The number of nitrogens with one attached hydrogen (secondary N) is 1. The molecule has 30 heavy (non-hydrogen) atoms. The minimum absolute atomic E-state index is 0.0412. The smallest absolute Gasteiger partial charge is 0.256 e. The summed E-state index contributed by atoms with van der Waals surface area (Å²) in [6, 6.07) is 18.4. The standard InChI is InChI=1S/C23H25N3O3S/c1-30(28,29)16-17-11-13-19(14-12-17)23(27)24-22-15-21(18-7-5-6-8-18)25-26(22)20-9-3-2-4-10-20/h2-4,9-15,18H,5-8,16H2,1H3,(H,24,27). The van der Waals surface area contributed by atoms with E-state index in [1.165, 1.54) is 19.1 Å². The monoisotopic (exact) mass is 423 g/mol. The fourth-order valence-corrected chi connectivity index (χ4v) is 4.72. The first-order valence-electron chi connectivity index (χ1n) is 10.1. The molecule has 6 nitrogen and oxygen atoms in total. The molecule has 7 heteroatoms. The van der Waals surface area contributed by atoms with Gasteiger partial charge in [0.05, 0.1) is 17.1 Å². The molecule has 0 saturated heterocycles. The van der Waals surface area contributed by atoms with Gasteiger partial charge in [-0.15, -0.1) is 0 Å². The minimum Gasteiger partial charge on any atom is -0.306 e. The maximum atomic E-state index is 12.9. The first kappa shape index (κ1) is 20.3. The van der Waals surface area contributed by atoms with Gasteiger partial charge in [0.25, 0.3) is 5.91 Å². The Hall–Kier alpha value is -2.93. The van der Waals surface area contributed by atoms with E-state index in [1.54, 1.807) is 28.9 Å². The molecular weight excluding hydrogens is 398 g/mol. The lowest BCUT2D eigenvalue weighted by Gasteiger charge is -2.09. The zero-order valence-electron chi connectivity index (χ0n) is 16.9. The van der Waals surface area contributed by atoms with Crippen molar-refractivity contribution in [2.24, 2.45) is 0 Å². The number of carbonyl (C=O) groups excluding carboxylic acids is 1. The van der Waals surface area contributed by atoms with Crippen LogP contribution in [0.25, 0.3) is 5.69 Å². The molecule has 1 saturated carbocycles. The van der Waals surface area contributed by atoms with Gasteiger partial charge in [-0.3, -0.25) is 4.79 Å². The predicted molar refractivity (Wildman–Crippen MR) is 118 cm³/mol. The van der Waals surface area contributed by atoms with Gasteiger partial charge in [-0.1, -0.05) is 43.2 Å². The van der Waals surface area contributed by atoms with E-state index in [4.69, 9.17) is 5.10 Å². The van der Waals surface area contributed by atoms with Crippen LogP contribution in [-0.4, -0.2) is 30.4 Å². The van der Waals surface area contributed by atoms with Crippen LogP contribution in [0.15, 0.2) is 60.7 Å². The van der Waals surface area contributed by atoms with E-state index in [9.17, 15) is 13.2 Å². The number of sulfone groups is 1. The van der Waals surface area contributed by atoms with E-state index in [2.05, 4.69) is 5.32 Å². The Kier molecular flexibility index (Phi) is 5.72. The largest absolute Gasteiger partial charge is 0.306 e. The zero-order valence-corrected chi connectivity index (χ0v) is 17.7. The number of carbonyl (C=O) groups is 1. The Labute approximate surface area is 176 Å². The lowest BCUT2D eigenvalue weighted by molar-refractivity contribution is 0.102. The number of rotatable bonds is 6. The van der Waals surface area contributed by atoms with Crippen LogP contribution >= 0.6 is 0 Å². The zero-order chi connectivity index (χ0) is 21.1. The third kappa shape index (κ3) is 4.79. The molecule has 1 aliphatic rings. The molecule has 4 rings (SSSR count). The van der Waals surface area contributed by atoms with E-state index in [-0.39, 0.29) is 11.7 Å². The quantitative estimate of drug-likeness (QED) is 0.640. The van der Waals surface area contributed by atoms with E-state index in [1.807, 2.05) is 36.4 Å². The second kappa shape index (κ2) is 8.44. The van der Waals surface area contributed by atoms with E-state index < -0.39 is 9.84 Å². The van der Waals surface area contributed by atoms with Crippen molar-refractivity contribution in [3.8, 4) is 5.69 Å². The van der Waals surface area contributed by atoms with Gasteiger partial charge in [-0.2, -0.15) is 5.10 Å². The van der Waals surface area contributed by atoms with Gasteiger partial charge in [-0.05, 0) is 42.7 Å². The van der Waals surface area contributed by atoms with Crippen molar-refractivity contribution in [2.75, 3.05) is 11.6 Å². The van der Waals surface area contributed by atoms with Crippen LogP contribution in [-0.2, 0) is 15.6 Å². The molecule has 1 aliphatic carbocycles. The van der Waals surface area contributed by atoms with Gasteiger partial charge >= 0.3 is 0 Å². The van der Waals surface area contributed by atoms with Crippen molar-refractivity contribution >= 4 is 21.6 Å². The molecule has 0 radical (unpaired) electrons. The van der Waals surface area contributed by atoms with E-state index in [0.717, 1.165) is 24.2 Å². The average molecular weight is 424 g/mol. The summed E-state index contributed by atoms with van der Waals surface area (Å²) in [4.78, 5) is 12.9. The summed E-state index contributed by atoms with van der Waals surface area (Å²) in [6.07, 6.45) is 5.87. The van der Waals surface area contributed by atoms with Gasteiger partial charge < -0.3 is 5.32 Å². The van der Waals surface area contributed by atoms with Crippen molar-refractivity contribution in [2.45, 2.75) is 37.4 Å². The van der Waals surface area contributed by atoms with Crippen LogP contribution in [0.2, 0.25) is 0 Å². The number of nitrogens with zero attached hydrogens (tertiary/aromatic N) is 2. The summed E-state index contributed by atoms with van der Waals surface area (Å²) in [7, 11) is -3.11. The van der Waals surface area contributed by atoms with Gasteiger partial charge in [-0.25, -0.2) is 13.1 Å². The highest BCUT2D eigenvalue weighted by atomic mass is 32.2. The normalized spacial score (nSPS) is 14.7. The fourth-order valence-electron chi connectivity index (χ4n) is 3.92. The first-order chi connectivity index (χ1) is 14.4. The molecule has 1 heterocycles. The average Bonchev–Trinajstić information content (AvgIpc) is 3.38. The Bertz CT molecular complexity index is 1130. The minimum atomic E-state index is -3.11. The van der Waals surface area contributed by atoms with Crippen LogP contribution in [0.5, 0.6) is 0 Å². The lowest BCUT2D eigenvalue weighted by atomic mass is 10.0. The fraction of sp³-hybridized carbons (Fsp3) is 0.304. The highest BCUT2D eigenvalue weighted by molar-refractivity contribution is 7.89. The molecule has 0 atom stereocenters. The third-order valence-corrected chi connectivity index (χ3v) is 6.25. The molecule has 2 aromatic carbocycles. The molecular formula is C23H25N3O3S. The van der Waals surface area contributed by atoms with Gasteiger partial charge in [0, 0.05) is 23.8 Å². The molecule has 1 amide bonds. The first-order valence-corrected chi connectivity index (χ1v) is 12.2. The van der Waals surface area contributed by atoms with Crippen molar-refractivity contribution < 1.29 is 13.2 Å². The summed E-state index contributed by atoms with van der Waals surface area (Å²) >= 11 is 0. The third-order valence-electron chi connectivity index (χ3n) is 5.39. The predicted octanol–water partition coefficient (Wildman–Crippen LogP) is 4.33. The Morgan fingerprint density at radius 1 is 1.07 bits per heavy atom. The van der Waals surface area contributed by atoms with Gasteiger partial charge in [0.1, 0.15) is 5.82 Å². The number of hydrogen-bond donors (Lipinski definition) is 1. The van der Waals surface area contributed by atoms with Crippen LogP contribution in [0.4, 0.5) is 5.82 Å². The Balaban J connectivity index is 1.59. The topological polar surface area (TPSA) is 81.1 Å². The number of para-hydroxylation sites is 1. The second-order valence-electron chi connectivity index (χ2n) is 7.90. The maximum absolute atomic E-state index is 12.9. The molecule has 1 fully saturated rings. The van der Waals surface area contributed by atoms with Crippen molar-refractivity contribution in [3.05, 3.63) is 77.5 Å². The molecule has 0 bridgehead atoms. The Morgan fingerprint density at radius 2 is 1.73 bits per heavy atom. The van der Waals surface area contributed by atoms with Crippen LogP contribution < -0.4 is 5.32 Å². The molecule has 1 aromatic heterocycles. The molecule has 1 N–H and O–H groups in total. The number of anilines is 1. The molecule has 156 valence electrons. The number of benzene rings is 2. The number of hydrogen-bond acceptors (Lipinski definition) is 4. The SMILES string of the molecule is CS(=O)(=O)Cc1ccc(C(=O)Nc2cc(C3CCCC3)nn2-c2ccccc2)cc1. The second-order valence-corrected chi connectivity index (χ2v) is 10.0. The molecule has 0 unspecified atom stereocenters. The van der Waals surface area contributed by atoms with Crippen molar-refractivity contribution in [1.82, 2.24) is 9.78 Å². The highest BCUT2D eigenvalue weighted by Crippen LogP contribution is 2.35. The summed E-state index contributed by atoms with van der Waals surface area (Å²) in [5, 5.41) is 7.78. The van der Waals surface area contributed by atoms with Crippen LogP contribution in [0.1, 0.15) is 53.2 Å². The summed E-state index contributed by atoms with van der Waals surface area (Å²) in [6.45, 7) is 0. The lowest BCUT2D eigenvalue weighted by Crippen LogP contribution is -2.15. The van der Waals surface area contributed by atoms with Crippen molar-refractivity contribution in [1.29, 1.82) is 0 Å². The molecule has 0 spiro atoms. The van der Waals surface area contributed by atoms with Crippen molar-refractivity contribution in [3.63, 3.8) is 0 Å². The summed E-state index contributed by atoms with van der Waals surface area (Å²) < 4.78 is 24.7. The van der Waals surface area contributed by atoms with Gasteiger partial charge in [0.2, 0.25) is 0 Å².